The summed E-state index contributed by atoms with van der Waals surface area (Å²) in [5.41, 5.74) is 2.20. The van der Waals surface area contributed by atoms with Crippen LogP contribution in [0.3, 0.4) is 0 Å². The zero-order chi connectivity index (χ0) is 8.60. The molecule has 12 heavy (non-hydrogen) atoms. The van der Waals surface area contributed by atoms with Gasteiger partial charge < -0.3 is 0 Å². The average molecular weight is 158 g/mol. The second-order valence-electron chi connectivity index (χ2n) is 3.63. The SMILES string of the molecule is CC1(c2cncc(C#N)c2)CC1. The summed E-state index contributed by atoms with van der Waals surface area (Å²) in [4.78, 5) is 4.04. The molecule has 1 heterocycles. The molecule has 0 unspecified atom stereocenters. The van der Waals surface area contributed by atoms with Crippen molar-refractivity contribution in [1.82, 2.24) is 4.98 Å². The van der Waals surface area contributed by atoms with Crippen molar-refractivity contribution in [2.75, 3.05) is 0 Å². The maximum atomic E-state index is 8.66. The van der Waals surface area contributed by atoms with E-state index in [-0.39, 0.29) is 0 Å². The summed E-state index contributed by atoms with van der Waals surface area (Å²) in [5, 5.41) is 8.66. The van der Waals surface area contributed by atoms with Crippen molar-refractivity contribution in [3.8, 4) is 6.07 Å². The van der Waals surface area contributed by atoms with E-state index in [9.17, 15) is 0 Å². The molecule has 1 fully saturated rings. The van der Waals surface area contributed by atoms with Crippen LogP contribution in [0.2, 0.25) is 0 Å². The summed E-state index contributed by atoms with van der Waals surface area (Å²) < 4.78 is 0. The van der Waals surface area contributed by atoms with Gasteiger partial charge in [0.1, 0.15) is 6.07 Å². The Bertz CT molecular complexity index is 345. The lowest BCUT2D eigenvalue weighted by Gasteiger charge is -2.06. The van der Waals surface area contributed by atoms with Gasteiger partial charge in [0.2, 0.25) is 0 Å². The van der Waals surface area contributed by atoms with Crippen LogP contribution in [0.1, 0.15) is 30.9 Å². The molecule has 2 nitrogen and oxygen atoms in total. The quantitative estimate of drug-likeness (QED) is 0.626. The Morgan fingerprint density at radius 2 is 2.25 bits per heavy atom. The van der Waals surface area contributed by atoms with Gasteiger partial charge in [-0.15, -0.1) is 0 Å². The molecule has 1 aliphatic carbocycles. The van der Waals surface area contributed by atoms with Crippen LogP contribution in [0.15, 0.2) is 18.5 Å². The molecule has 0 bridgehead atoms. The van der Waals surface area contributed by atoms with Gasteiger partial charge in [-0.05, 0) is 29.9 Å². The molecular formula is C10H10N2. The number of rotatable bonds is 1. The van der Waals surface area contributed by atoms with Gasteiger partial charge in [-0.2, -0.15) is 5.26 Å². The molecule has 2 rings (SSSR count). The van der Waals surface area contributed by atoms with Gasteiger partial charge in [-0.3, -0.25) is 4.98 Å². The lowest BCUT2D eigenvalue weighted by molar-refractivity contribution is 0.780. The summed E-state index contributed by atoms with van der Waals surface area (Å²) in [7, 11) is 0. The maximum absolute atomic E-state index is 8.66. The summed E-state index contributed by atoms with van der Waals surface area (Å²) in [5.74, 6) is 0. The van der Waals surface area contributed by atoms with Crippen molar-refractivity contribution in [3.05, 3.63) is 29.6 Å². The Morgan fingerprint density at radius 1 is 1.50 bits per heavy atom. The molecule has 1 aromatic heterocycles. The Kier molecular flexibility index (Phi) is 1.41. The first kappa shape index (κ1) is 7.30. The van der Waals surface area contributed by atoms with E-state index in [4.69, 9.17) is 5.26 Å². The molecule has 0 N–H and O–H groups in total. The molecule has 0 aromatic carbocycles. The molecule has 1 saturated carbocycles. The Balaban J connectivity index is 2.40. The second-order valence-corrected chi connectivity index (χ2v) is 3.63. The normalized spacial score (nSPS) is 18.3. The maximum Gasteiger partial charge on any atom is 0.101 e. The van der Waals surface area contributed by atoms with Crippen LogP contribution in [-0.2, 0) is 5.41 Å². The number of pyridine rings is 1. The highest BCUT2D eigenvalue weighted by molar-refractivity contribution is 5.35. The standard InChI is InChI=1S/C10H10N2/c1-10(2-3-10)9-4-8(5-11)6-12-7-9/h4,6-7H,2-3H2,1H3. The number of hydrogen-bond donors (Lipinski definition) is 0. The van der Waals surface area contributed by atoms with Gasteiger partial charge in [-0.25, -0.2) is 0 Å². The lowest BCUT2D eigenvalue weighted by Crippen LogP contribution is -2.00. The van der Waals surface area contributed by atoms with E-state index >= 15 is 0 Å². The van der Waals surface area contributed by atoms with Crippen molar-refractivity contribution in [2.24, 2.45) is 0 Å². The molecule has 0 aliphatic heterocycles. The van der Waals surface area contributed by atoms with Crippen molar-refractivity contribution in [1.29, 1.82) is 5.26 Å². The first-order valence-corrected chi connectivity index (χ1v) is 4.10. The number of aromatic nitrogens is 1. The zero-order valence-corrected chi connectivity index (χ0v) is 7.04. The van der Waals surface area contributed by atoms with Crippen LogP contribution in [0, 0.1) is 11.3 Å². The molecular weight excluding hydrogens is 148 g/mol. The summed E-state index contributed by atoms with van der Waals surface area (Å²) in [6.45, 7) is 2.21. The second kappa shape index (κ2) is 2.31. The summed E-state index contributed by atoms with van der Waals surface area (Å²) in [6, 6.07) is 4.05. The van der Waals surface area contributed by atoms with Gasteiger partial charge in [0.05, 0.1) is 5.56 Å². The van der Waals surface area contributed by atoms with Gasteiger partial charge in [0.15, 0.2) is 0 Å². The Labute approximate surface area is 71.9 Å². The van der Waals surface area contributed by atoms with E-state index in [0.717, 1.165) is 0 Å². The van der Waals surface area contributed by atoms with E-state index < -0.39 is 0 Å². The van der Waals surface area contributed by atoms with Gasteiger partial charge >= 0.3 is 0 Å². The number of nitrogens with zero attached hydrogens (tertiary/aromatic N) is 2. The molecule has 1 aromatic rings. The van der Waals surface area contributed by atoms with Crippen molar-refractivity contribution < 1.29 is 0 Å². The van der Waals surface area contributed by atoms with Crippen LogP contribution < -0.4 is 0 Å². The van der Waals surface area contributed by atoms with Crippen LogP contribution in [0.5, 0.6) is 0 Å². The minimum absolute atomic E-state index is 0.319. The number of nitriles is 1. The van der Waals surface area contributed by atoms with Crippen LogP contribution in [0.25, 0.3) is 0 Å². The summed E-state index contributed by atoms with van der Waals surface area (Å²) >= 11 is 0. The van der Waals surface area contributed by atoms with Gasteiger partial charge in [-0.1, -0.05) is 6.92 Å². The van der Waals surface area contributed by atoms with Crippen LogP contribution in [0.4, 0.5) is 0 Å². The first-order valence-electron chi connectivity index (χ1n) is 4.10. The molecule has 0 radical (unpaired) electrons. The predicted molar refractivity (Wildman–Crippen MR) is 45.5 cm³/mol. The fourth-order valence-electron chi connectivity index (χ4n) is 1.31. The minimum atomic E-state index is 0.319. The minimum Gasteiger partial charge on any atom is -0.263 e. The Hall–Kier alpha value is -1.36. The highest BCUT2D eigenvalue weighted by Crippen LogP contribution is 2.47. The lowest BCUT2D eigenvalue weighted by atomic mass is 9.99. The number of hydrogen-bond acceptors (Lipinski definition) is 2. The van der Waals surface area contributed by atoms with E-state index in [2.05, 4.69) is 18.0 Å². The third-order valence-electron chi connectivity index (χ3n) is 2.56. The van der Waals surface area contributed by atoms with Crippen LogP contribution in [-0.4, -0.2) is 4.98 Å². The predicted octanol–water partition coefficient (Wildman–Crippen LogP) is 2.00. The van der Waals surface area contributed by atoms with E-state index in [0.29, 0.717) is 11.0 Å². The molecule has 0 atom stereocenters. The third-order valence-corrected chi connectivity index (χ3v) is 2.56. The largest absolute Gasteiger partial charge is 0.263 e. The topological polar surface area (TPSA) is 36.7 Å². The third kappa shape index (κ3) is 1.08. The zero-order valence-electron chi connectivity index (χ0n) is 7.04. The molecule has 2 heteroatoms. The molecule has 60 valence electrons. The molecule has 0 saturated heterocycles. The fraction of sp³-hybridized carbons (Fsp3) is 0.400. The van der Waals surface area contributed by atoms with E-state index in [1.54, 1.807) is 6.20 Å². The van der Waals surface area contributed by atoms with Crippen molar-refractivity contribution in [3.63, 3.8) is 0 Å². The van der Waals surface area contributed by atoms with Crippen molar-refractivity contribution in [2.45, 2.75) is 25.2 Å². The monoisotopic (exact) mass is 158 g/mol. The van der Waals surface area contributed by atoms with Gasteiger partial charge in [0.25, 0.3) is 0 Å². The van der Waals surface area contributed by atoms with E-state index in [1.165, 1.54) is 18.4 Å². The van der Waals surface area contributed by atoms with Gasteiger partial charge in [0, 0.05) is 12.4 Å². The highest BCUT2D eigenvalue weighted by Gasteiger charge is 2.39. The molecule has 0 spiro atoms. The van der Waals surface area contributed by atoms with Crippen molar-refractivity contribution >= 4 is 0 Å². The fourth-order valence-corrected chi connectivity index (χ4v) is 1.31. The average Bonchev–Trinajstić information content (AvgIpc) is 2.85. The summed E-state index contributed by atoms with van der Waals surface area (Å²) in [6.07, 6.45) is 5.93. The van der Waals surface area contributed by atoms with Crippen LogP contribution >= 0.6 is 0 Å². The first-order chi connectivity index (χ1) is 5.74. The smallest absolute Gasteiger partial charge is 0.101 e. The molecule has 0 amide bonds. The highest BCUT2D eigenvalue weighted by atomic mass is 14.6. The molecule has 1 aliphatic rings. The Morgan fingerprint density at radius 3 is 2.83 bits per heavy atom. The van der Waals surface area contributed by atoms with E-state index in [1.807, 2.05) is 12.3 Å².